The van der Waals surface area contributed by atoms with Crippen molar-refractivity contribution >= 4 is 148 Å². The van der Waals surface area contributed by atoms with Gasteiger partial charge in [-0.1, -0.05) is 115 Å². The van der Waals surface area contributed by atoms with E-state index in [0.717, 1.165) is 213 Å². The van der Waals surface area contributed by atoms with Crippen LogP contribution in [0.1, 0.15) is 88.9 Å². The number of H-pyrrole nitrogens is 2. The molecule has 10 aromatic carbocycles. The van der Waals surface area contributed by atoms with Crippen molar-refractivity contribution in [3.8, 4) is 91.7 Å². The molecule has 25 nitrogen and oxygen atoms in total. The summed E-state index contributed by atoms with van der Waals surface area (Å²) < 4.78 is 70.4. The average molecular weight is 2270 g/mol. The van der Waals surface area contributed by atoms with E-state index in [1.807, 2.05) is 213 Å². The number of fused-ring (bicyclic) bond motifs is 4. The summed E-state index contributed by atoms with van der Waals surface area (Å²) in [4.78, 5) is 37.1. The zero-order chi connectivity index (χ0) is 102. The Morgan fingerprint density at radius 1 is 0.361 bits per heavy atom. The number of ether oxygens (including phenoxy) is 9. The van der Waals surface area contributed by atoms with E-state index in [9.17, 15) is 0 Å². The number of nitrogens with zero attached hydrogens (tertiary/aromatic N) is 11. The molecule has 1 fully saturated rings. The highest BCUT2D eigenvalue weighted by Gasteiger charge is 2.52. The Morgan fingerprint density at radius 2 is 0.688 bits per heavy atom. The van der Waals surface area contributed by atoms with Crippen LogP contribution in [0, 0.1) is 34.6 Å². The third-order valence-corrected chi connectivity index (χ3v) is 28.5. The van der Waals surface area contributed by atoms with Crippen molar-refractivity contribution in [1.29, 1.82) is 0 Å². The fourth-order valence-corrected chi connectivity index (χ4v) is 16.8. The van der Waals surface area contributed by atoms with Crippen molar-refractivity contribution in [3.05, 3.63) is 376 Å². The van der Waals surface area contributed by atoms with E-state index in [1.165, 1.54) is 11.8 Å². The summed E-state index contributed by atoms with van der Waals surface area (Å²) in [6.45, 7) is 20.9. The minimum Gasteiger partial charge on any atom is -0.506 e. The lowest BCUT2D eigenvalue weighted by Gasteiger charge is -2.32. The molecule has 0 bridgehead atoms. The van der Waals surface area contributed by atoms with Crippen molar-refractivity contribution in [2.45, 2.75) is 112 Å². The number of alkyl halides is 1. The Kier molecular flexibility index (Phi) is 37.0. The molecule has 0 atom stereocenters. The minimum absolute atomic E-state index is 0.226. The summed E-state index contributed by atoms with van der Waals surface area (Å²) in [7, 11) is 9.52. The zero-order valence-electron chi connectivity index (χ0n) is 82.2. The number of nitrogens with one attached hydrogen (secondary N) is 2. The number of methoxy groups -OCH3 is 6. The second-order valence-electron chi connectivity index (χ2n) is 34.2. The molecule has 1 aliphatic rings. The van der Waals surface area contributed by atoms with E-state index in [-0.39, 0.29) is 5.75 Å². The van der Waals surface area contributed by atoms with Gasteiger partial charge in [0.25, 0.3) is 0 Å². The summed E-state index contributed by atoms with van der Waals surface area (Å²) >= 11 is 22.4. The van der Waals surface area contributed by atoms with Gasteiger partial charge in [0.2, 0.25) is 0 Å². The second kappa shape index (κ2) is 50.1. The monoisotopic (exact) mass is 2270 g/mol. The summed E-state index contributed by atoms with van der Waals surface area (Å²) in [5, 5.41) is 21.1. The first-order chi connectivity index (χ1) is 69.5. The van der Waals surface area contributed by atoms with E-state index in [0.29, 0.717) is 38.8 Å². The van der Waals surface area contributed by atoms with Gasteiger partial charge in [0.05, 0.1) is 125 Å². The quantitative estimate of drug-likeness (QED) is 0.0374. The molecule has 10 heterocycles. The molecule has 0 aliphatic carbocycles. The fourth-order valence-electron chi connectivity index (χ4n) is 14.7. The topological polar surface area (TPSA) is 279 Å². The number of aromatic hydroxyl groups is 1. The molecule has 0 unspecified atom stereocenters. The Morgan fingerprint density at radius 3 is 1.05 bits per heavy atom. The number of hydrogen-bond donors (Lipinski definition) is 3. The molecular formula is C112H108BBr5ClN13O12. The number of hydrogen-bond acceptors (Lipinski definition) is 21. The first-order valence-electron chi connectivity index (χ1n) is 45.7. The number of aromatic nitrogens is 13. The van der Waals surface area contributed by atoms with Gasteiger partial charge in [-0.3, -0.25) is 34.3 Å². The van der Waals surface area contributed by atoms with Gasteiger partial charge < -0.3 is 67.0 Å². The van der Waals surface area contributed by atoms with Crippen molar-refractivity contribution in [2.75, 3.05) is 42.7 Å². The lowest BCUT2D eigenvalue weighted by atomic mass is 9.78. The molecule has 32 heteroatoms. The molecule has 9 aromatic heterocycles. The van der Waals surface area contributed by atoms with E-state index < -0.39 is 18.3 Å². The third kappa shape index (κ3) is 27.3. The minimum atomic E-state index is -0.451. The fraction of sp³-hybridized carbons (Fsp3) is 0.205. The van der Waals surface area contributed by atoms with Crippen molar-refractivity contribution in [1.82, 2.24) is 64.4 Å². The summed E-state index contributed by atoms with van der Waals surface area (Å²) in [6.07, 6.45) is 17.3. The summed E-state index contributed by atoms with van der Waals surface area (Å²) in [5.41, 5.74) is 21.3. The predicted molar refractivity (Wildman–Crippen MR) is 588 cm³/mol. The van der Waals surface area contributed by atoms with Gasteiger partial charge in [-0.15, -0.1) is 11.6 Å². The first kappa shape index (κ1) is 106. The van der Waals surface area contributed by atoms with Crippen LogP contribution in [0.2, 0.25) is 0 Å². The van der Waals surface area contributed by atoms with Crippen molar-refractivity contribution in [3.63, 3.8) is 0 Å². The molecule has 0 radical (unpaired) electrons. The Labute approximate surface area is 884 Å². The van der Waals surface area contributed by atoms with Gasteiger partial charge in [0.15, 0.2) is 11.6 Å². The number of rotatable bonds is 24. The molecule has 738 valence electrons. The highest BCUT2D eigenvalue weighted by Crippen LogP contribution is 2.40. The highest BCUT2D eigenvalue weighted by atomic mass is 79.9. The smallest absolute Gasteiger partial charge is 0.494 e. The number of para-hydroxylation sites is 4. The highest BCUT2D eigenvalue weighted by molar-refractivity contribution is 9.11. The van der Waals surface area contributed by atoms with Crippen LogP contribution in [-0.2, 0) is 48.1 Å². The van der Waals surface area contributed by atoms with Crippen molar-refractivity contribution in [2.24, 2.45) is 0 Å². The Hall–Kier alpha value is -13.5. The van der Waals surface area contributed by atoms with Gasteiger partial charge in [0.1, 0.15) is 88.7 Å². The van der Waals surface area contributed by atoms with E-state index in [1.54, 1.807) is 92.2 Å². The predicted octanol–water partition coefficient (Wildman–Crippen LogP) is 27.2. The maximum atomic E-state index is 9.01. The first-order valence-corrected chi connectivity index (χ1v) is 50.2. The number of aromatic amines is 2. The van der Waals surface area contributed by atoms with Crippen LogP contribution >= 0.6 is 91.3 Å². The van der Waals surface area contributed by atoms with Crippen LogP contribution < -0.4 is 48.1 Å². The third-order valence-electron chi connectivity index (χ3n) is 24.1. The lowest BCUT2D eigenvalue weighted by Crippen LogP contribution is -2.41. The molecule has 144 heavy (non-hydrogen) atoms. The summed E-state index contributed by atoms with van der Waals surface area (Å²) in [6, 6.07) is 76.1. The van der Waals surface area contributed by atoms with Crippen molar-refractivity contribution < 1.29 is 57.0 Å². The molecule has 20 rings (SSSR count). The summed E-state index contributed by atoms with van der Waals surface area (Å²) in [5.74, 6) is 9.62. The maximum absolute atomic E-state index is 9.01. The van der Waals surface area contributed by atoms with Crippen LogP contribution in [0.4, 0.5) is 0 Å². The number of benzene rings is 10. The van der Waals surface area contributed by atoms with Gasteiger partial charge in [-0.25, -0.2) is 9.97 Å². The number of halogens is 6. The number of pyridine rings is 5. The van der Waals surface area contributed by atoms with Crippen LogP contribution in [-0.4, -0.2) is 131 Å². The van der Waals surface area contributed by atoms with Gasteiger partial charge in [-0.2, -0.15) is 10.2 Å². The second-order valence-corrected chi connectivity index (χ2v) is 38.7. The van der Waals surface area contributed by atoms with Crippen LogP contribution in [0.25, 0.3) is 78.0 Å². The Bertz CT molecular complexity index is 7220. The maximum Gasteiger partial charge on any atom is 0.494 e. The van der Waals surface area contributed by atoms with Crippen LogP contribution in [0.3, 0.4) is 0 Å². The molecular weight excluding hydrogens is 2170 g/mol. The van der Waals surface area contributed by atoms with Gasteiger partial charge >= 0.3 is 7.12 Å². The number of imidazole rings is 2. The van der Waals surface area contributed by atoms with E-state index >= 15 is 0 Å². The largest absolute Gasteiger partial charge is 0.506 e. The Balaban J connectivity index is 0.000000145. The molecule has 1 aliphatic heterocycles. The van der Waals surface area contributed by atoms with Gasteiger partial charge in [0, 0.05) is 104 Å². The zero-order valence-corrected chi connectivity index (χ0v) is 90.8. The molecule has 0 amide bonds. The molecule has 0 spiro atoms. The lowest BCUT2D eigenvalue weighted by molar-refractivity contribution is 0.00578. The molecule has 1 saturated heterocycles. The van der Waals surface area contributed by atoms with E-state index in [4.69, 9.17) is 88.8 Å². The average Bonchev–Trinajstić information content (AvgIpc) is 1.60. The van der Waals surface area contributed by atoms with E-state index in [2.05, 4.69) is 210 Å². The van der Waals surface area contributed by atoms with Gasteiger partial charge in [-0.05, 0) is 307 Å². The normalized spacial score (nSPS) is 12.0. The SMILES string of the molecule is COc1ccc(CCl)cc1.COc1ccc(COc2cncc(-c3ccc4c(c3)c(-c3nc5ccccc5[nH]3)nn4Cc3ccc(OC)cc3)c2C)cc1.COc1ccc(COc2cncc(Br)c2C)cc1.COc1ccc(COc2cncc(Br)c2C)cc1.COc1ccc(Cn2nc(-c3nc4ccccc4[nH]3)c3cc(B4OC(C)(C)C(C)(C)O4)ccc32)cc1.Cc1c(Br)cncc1Br.Cc1c(O)cncc1Br. The molecule has 19 aromatic rings. The standard InChI is InChI=1S/C36H31N5O3.C28H29BN4O3.2C14H14BrNO2.C8H9ClO.C6H5Br2N.C6H6BrNO/c1-23-30(19-37-20-34(23)44-22-25-10-15-28(43-3)16-11-25)26-12-17-33-29(18-26)35(36-38-31-6-4-5-7-32(31)39-36)40-41(33)21-24-8-13-27(42-2)14-9-24;1-27(2)28(3,4)36-29(35-27)19-12-15-24-21(16-19)25(26-30-22-8-6-7-9-23(22)31-26)32-33(24)17-18-10-13-20(34-5)14-11-18;2*1-10-13(15)7-16-8-14(10)18-9-11-3-5-12(17-2)6-4-11;1-10-8-4-2-7(6-9)3-5-8;1-4-5(7)2-9-3-6(4)8;1-4-5(7)2-8-3-6(4)9/h4-20H,21-22H2,1-3H3,(H,38,39);6-16H,17H2,1-5H3,(H,30,31);2*3-8H,9H2,1-2H3;2-5H,6H2,1H3;2-3H,1H3;2-3,9H,1H3. The van der Waals surface area contributed by atoms with Crippen LogP contribution in [0.15, 0.2) is 315 Å². The molecule has 0 saturated carbocycles. The molecule has 3 N–H and O–H groups in total. The van der Waals surface area contributed by atoms with Crippen LogP contribution in [0.5, 0.6) is 57.5 Å².